The van der Waals surface area contributed by atoms with E-state index >= 15 is 0 Å². The van der Waals surface area contributed by atoms with E-state index in [1.54, 1.807) is 6.20 Å². The first-order chi connectivity index (χ1) is 4.81. The van der Waals surface area contributed by atoms with Crippen molar-refractivity contribution in [3.05, 3.63) is 12.3 Å². The van der Waals surface area contributed by atoms with Crippen LogP contribution in [0.1, 0.15) is 13.3 Å². The molecular weight excluding hydrogens is 130 g/mol. The van der Waals surface area contributed by atoms with Crippen LogP contribution in [0.3, 0.4) is 0 Å². The molecule has 0 rings (SSSR count). The number of hydrogen-bond donors (Lipinski definition) is 1. The minimum Gasteiger partial charge on any atom is -0.466 e. The zero-order valence-corrected chi connectivity index (χ0v) is 6.39. The second-order valence-corrected chi connectivity index (χ2v) is 1.81. The maximum absolute atomic E-state index is 10.4. The molecule has 0 amide bonds. The summed E-state index contributed by atoms with van der Waals surface area (Å²) in [7, 11) is 1.35. The third kappa shape index (κ3) is 5.15. The van der Waals surface area contributed by atoms with Crippen LogP contribution >= 0.6 is 0 Å². The number of nitrogens with one attached hydrogen (secondary N) is 1. The molecule has 10 heavy (non-hydrogen) atoms. The molecule has 3 nitrogen and oxygen atoms in total. The topological polar surface area (TPSA) is 38.3 Å². The van der Waals surface area contributed by atoms with Gasteiger partial charge in [0, 0.05) is 18.8 Å². The van der Waals surface area contributed by atoms with Gasteiger partial charge in [-0.15, -0.1) is 0 Å². The molecule has 1 N–H and O–H groups in total. The van der Waals surface area contributed by atoms with Gasteiger partial charge in [0.1, 0.15) is 0 Å². The van der Waals surface area contributed by atoms with Crippen molar-refractivity contribution in [1.82, 2.24) is 5.32 Å². The maximum Gasteiger partial charge on any atom is 0.331 e. The van der Waals surface area contributed by atoms with Crippen molar-refractivity contribution in [1.29, 1.82) is 0 Å². The lowest BCUT2D eigenvalue weighted by Gasteiger charge is -1.93. The molecule has 0 radical (unpaired) electrons. The summed E-state index contributed by atoms with van der Waals surface area (Å²) in [6.45, 7) is 2.94. The Morgan fingerprint density at radius 3 is 2.90 bits per heavy atom. The predicted molar refractivity (Wildman–Crippen MR) is 39.4 cm³/mol. The average molecular weight is 143 g/mol. The highest BCUT2D eigenvalue weighted by Crippen LogP contribution is 1.75. The van der Waals surface area contributed by atoms with Gasteiger partial charge in [-0.1, -0.05) is 6.92 Å². The van der Waals surface area contributed by atoms with Gasteiger partial charge in [-0.05, 0) is 6.42 Å². The highest BCUT2D eigenvalue weighted by molar-refractivity contribution is 5.81. The van der Waals surface area contributed by atoms with Crippen molar-refractivity contribution in [2.75, 3.05) is 13.7 Å². The second-order valence-electron chi connectivity index (χ2n) is 1.81. The number of methoxy groups -OCH3 is 1. The van der Waals surface area contributed by atoms with E-state index in [1.807, 2.05) is 0 Å². The number of hydrogen-bond acceptors (Lipinski definition) is 3. The van der Waals surface area contributed by atoms with E-state index in [0.29, 0.717) is 0 Å². The molecule has 0 spiro atoms. The minimum atomic E-state index is -0.330. The van der Waals surface area contributed by atoms with Gasteiger partial charge in [0.05, 0.1) is 7.11 Å². The van der Waals surface area contributed by atoms with E-state index in [0.717, 1.165) is 13.0 Å². The smallest absolute Gasteiger partial charge is 0.331 e. The third-order valence-electron chi connectivity index (χ3n) is 0.933. The van der Waals surface area contributed by atoms with Gasteiger partial charge >= 0.3 is 5.97 Å². The van der Waals surface area contributed by atoms with Gasteiger partial charge in [-0.2, -0.15) is 0 Å². The number of rotatable bonds is 4. The largest absolute Gasteiger partial charge is 0.466 e. The van der Waals surface area contributed by atoms with Crippen LogP contribution in [0.2, 0.25) is 0 Å². The zero-order chi connectivity index (χ0) is 7.82. The highest BCUT2D eigenvalue weighted by Gasteiger charge is 1.87. The van der Waals surface area contributed by atoms with Gasteiger partial charge in [0.25, 0.3) is 0 Å². The standard InChI is InChI=1S/C7H13NO2/c1-3-5-8-6-4-7(9)10-2/h4,6,8H,3,5H2,1-2H3. The Labute approximate surface area is 61.1 Å². The maximum atomic E-state index is 10.4. The van der Waals surface area contributed by atoms with Gasteiger partial charge in [-0.3, -0.25) is 0 Å². The first-order valence-electron chi connectivity index (χ1n) is 3.29. The Hall–Kier alpha value is -0.990. The molecule has 0 aliphatic carbocycles. The Morgan fingerprint density at radius 1 is 1.70 bits per heavy atom. The predicted octanol–water partition coefficient (Wildman–Crippen LogP) is 0.673. The molecule has 0 aromatic rings. The van der Waals surface area contributed by atoms with Crippen LogP contribution in [-0.2, 0) is 9.53 Å². The summed E-state index contributed by atoms with van der Waals surface area (Å²) in [6, 6.07) is 0. The molecule has 0 bridgehead atoms. The molecule has 0 saturated carbocycles. The Morgan fingerprint density at radius 2 is 2.40 bits per heavy atom. The van der Waals surface area contributed by atoms with Crippen LogP contribution in [-0.4, -0.2) is 19.6 Å². The average Bonchev–Trinajstić information content (AvgIpc) is 1.98. The Kier molecular flexibility index (Phi) is 5.53. The lowest BCUT2D eigenvalue weighted by molar-refractivity contribution is -0.134. The van der Waals surface area contributed by atoms with E-state index in [-0.39, 0.29) is 5.97 Å². The summed E-state index contributed by atoms with van der Waals surface area (Å²) in [6.07, 6.45) is 4.00. The normalized spacial score (nSPS) is 9.80. The van der Waals surface area contributed by atoms with Crippen LogP contribution in [0.5, 0.6) is 0 Å². The molecule has 0 fully saturated rings. The van der Waals surface area contributed by atoms with Crippen molar-refractivity contribution < 1.29 is 9.53 Å². The van der Waals surface area contributed by atoms with Crippen LogP contribution in [0.4, 0.5) is 0 Å². The molecule has 0 aromatic heterocycles. The molecular formula is C7H13NO2. The van der Waals surface area contributed by atoms with E-state index < -0.39 is 0 Å². The molecule has 3 heteroatoms. The quantitative estimate of drug-likeness (QED) is 0.357. The monoisotopic (exact) mass is 143 g/mol. The van der Waals surface area contributed by atoms with Crippen molar-refractivity contribution >= 4 is 5.97 Å². The number of esters is 1. The van der Waals surface area contributed by atoms with Crippen molar-refractivity contribution in [2.24, 2.45) is 0 Å². The fourth-order valence-electron chi connectivity index (χ4n) is 0.423. The van der Waals surface area contributed by atoms with Gasteiger partial charge in [-0.25, -0.2) is 4.79 Å². The van der Waals surface area contributed by atoms with E-state index in [4.69, 9.17) is 0 Å². The summed E-state index contributed by atoms with van der Waals surface area (Å²) < 4.78 is 4.36. The molecule has 0 aromatic carbocycles. The van der Waals surface area contributed by atoms with Gasteiger partial charge in [0.2, 0.25) is 0 Å². The van der Waals surface area contributed by atoms with Crippen LogP contribution < -0.4 is 5.32 Å². The third-order valence-corrected chi connectivity index (χ3v) is 0.933. The molecule has 0 saturated heterocycles. The summed E-state index contributed by atoms with van der Waals surface area (Å²) in [4.78, 5) is 10.4. The summed E-state index contributed by atoms with van der Waals surface area (Å²) >= 11 is 0. The minimum absolute atomic E-state index is 0.330. The molecule has 0 aliphatic rings. The summed E-state index contributed by atoms with van der Waals surface area (Å²) in [5.41, 5.74) is 0. The Bertz CT molecular complexity index is 121. The molecule has 0 aliphatic heterocycles. The number of carbonyl (C=O) groups is 1. The highest BCUT2D eigenvalue weighted by atomic mass is 16.5. The molecule has 0 unspecified atom stereocenters. The van der Waals surface area contributed by atoms with E-state index in [9.17, 15) is 4.79 Å². The molecule has 0 heterocycles. The SMILES string of the molecule is CCCNC=CC(=O)OC. The fourth-order valence-corrected chi connectivity index (χ4v) is 0.423. The molecule has 0 atom stereocenters. The van der Waals surface area contributed by atoms with Gasteiger partial charge in [0.15, 0.2) is 0 Å². The van der Waals surface area contributed by atoms with Crippen LogP contribution in [0.25, 0.3) is 0 Å². The van der Waals surface area contributed by atoms with Crippen molar-refractivity contribution in [3.63, 3.8) is 0 Å². The van der Waals surface area contributed by atoms with Crippen molar-refractivity contribution in [3.8, 4) is 0 Å². The first-order valence-corrected chi connectivity index (χ1v) is 3.29. The van der Waals surface area contributed by atoms with E-state index in [1.165, 1.54) is 13.2 Å². The zero-order valence-electron chi connectivity index (χ0n) is 6.39. The summed E-state index contributed by atoms with van der Waals surface area (Å²) in [5, 5.41) is 2.92. The van der Waals surface area contributed by atoms with Crippen LogP contribution in [0.15, 0.2) is 12.3 Å². The first kappa shape index (κ1) is 9.01. The summed E-state index contributed by atoms with van der Waals surface area (Å²) in [5.74, 6) is -0.330. The Balaban J connectivity index is 3.27. The number of ether oxygens (including phenoxy) is 1. The van der Waals surface area contributed by atoms with E-state index in [2.05, 4.69) is 17.0 Å². The number of carbonyl (C=O) groups excluding carboxylic acids is 1. The fraction of sp³-hybridized carbons (Fsp3) is 0.571. The lowest BCUT2D eigenvalue weighted by Crippen LogP contribution is -2.06. The molecule has 58 valence electrons. The second kappa shape index (κ2) is 6.13. The van der Waals surface area contributed by atoms with Gasteiger partial charge < -0.3 is 10.1 Å². The lowest BCUT2D eigenvalue weighted by atomic mass is 10.5. The van der Waals surface area contributed by atoms with Crippen LogP contribution in [0, 0.1) is 0 Å². The van der Waals surface area contributed by atoms with Crippen molar-refractivity contribution in [2.45, 2.75) is 13.3 Å².